The predicted octanol–water partition coefficient (Wildman–Crippen LogP) is 1.31. The van der Waals surface area contributed by atoms with Crippen molar-refractivity contribution in [1.29, 1.82) is 0 Å². The van der Waals surface area contributed by atoms with Crippen LogP contribution in [-0.2, 0) is 4.74 Å². The second-order valence-corrected chi connectivity index (χ2v) is 4.03. The summed E-state index contributed by atoms with van der Waals surface area (Å²) >= 11 is 0. The first-order chi connectivity index (χ1) is 10.1. The summed E-state index contributed by atoms with van der Waals surface area (Å²) in [6, 6.07) is 2.70. The SMILES string of the molecule is O=[N+]([O-])c1ccc(N/N=C/[C@@H]2C=C(CO)OC=C2O)nc1. The highest BCUT2D eigenvalue weighted by molar-refractivity contribution is 5.68. The standard InChI is InChI=1S/C12H12N4O5/c17-6-10-3-8(11(18)7-21-10)4-14-15-12-2-1-9(5-13-12)16(19)20/h1-5,7-8,17-18H,6H2,(H,13,15)/b14-4+/t8-/m0/s1. The van der Waals surface area contributed by atoms with Crippen LogP contribution >= 0.6 is 0 Å². The molecule has 0 spiro atoms. The molecule has 21 heavy (non-hydrogen) atoms. The topological polar surface area (TPSA) is 130 Å². The number of nitro groups is 1. The Morgan fingerprint density at radius 2 is 2.38 bits per heavy atom. The number of aromatic nitrogens is 1. The molecule has 0 unspecified atom stereocenters. The molecule has 0 bridgehead atoms. The minimum atomic E-state index is -0.549. The van der Waals surface area contributed by atoms with E-state index >= 15 is 0 Å². The number of nitrogens with one attached hydrogen (secondary N) is 1. The molecule has 0 radical (unpaired) electrons. The summed E-state index contributed by atoms with van der Waals surface area (Å²) in [4.78, 5) is 13.7. The third kappa shape index (κ3) is 3.76. The molecular weight excluding hydrogens is 280 g/mol. The molecule has 0 saturated carbocycles. The minimum Gasteiger partial charge on any atom is -0.508 e. The van der Waals surface area contributed by atoms with Crippen molar-refractivity contribution in [3.8, 4) is 0 Å². The van der Waals surface area contributed by atoms with Crippen molar-refractivity contribution in [3.05, 3.63) is 52.3 Å². The van der Waals surface area contributed by atoms with Crippen molar-refractivity contribution < 1.29 is 19.9 Å². The first-order valence-corrected chi connectivity index (χ1v) is 5.87. The van der Waals surface area contributed by atoms with Crippen molar-refractivity contribution in [2.45, 2.75) is 0 Å². The number of nitrogens with zero attached hydrogens (tertiary/aromatic N) is 3. The number of ether oxygens (including phenoxy) is 1. The molecule has 2 heterocycles. The summed E-state index contributed by atoms with van der Waals surface area (Å²) in [5, 5.41) is 32.9. The molecule has 1 atom stereocenters. The van der Waals surface area contributed by atoms with Crippen LogP contribution < -0.4 is 5.43 Å². The van der Waals surface area contributed by atoms with Gasteiger partial charge < -0.3 is 14.9 Å². The van der Waals surface area contributed by atoms with Crippen molar-refractivity contribution in [1.82, 2.24) is 4.98 Å². The summed E-state index contributed by atoms with van der Waals surface area (Å²) in [5.74, 6) is 0.0253. The first kappa shape index (κ1) is 14.5. The molecule has 110 valence electrons. The molecule has 0 amide bonds. The lowest BCUT2D eigenvalue weighted by Gasteiger charge is -2.14. The van der Waals surface area contributed by atoms with Crippen LogP contribution in [-0.4, -0.2) is 32.9 Å². The minimum absolute atomic E-state index is 0.0607. The van der Waals surface area contributed by atoms with Crippen molar-refractivity contribution in [2.24, 2.45) is 11.0 Å². The van der Waals surface area contributed by atoms with E-state index in [2.05, 4.69) is 15.5 Å². The lowest BCUT2D eigenvalue weighted by atomic mass is 10.1. The van der Waals surface area contributed by atoms with Gasteiger partial charge in [0.05, 0.1) is 10.8 Å². The molecule has 9 heteroatoms. The maximum absolute atomic E-state index is 10.5. The summed E-state index contributed by atoms with van der Waals surface area (Å²) in [5.41, 5.74) is 2.46. The molecule has 3 N–H and O–H groups in total. The third-order valence-electron chi connectivity index (χ3n) is 2.57. The number of aliphatic hydroxyl groups excluding tert-OH is 2. The van der Waals surface area contributed by atoms with E-state index in [-0.39, 0.29) is 18.1 Å². The molecule has 9 nitrogen and oxygen atoms in total. The van der Waals surface area contributed by atoms with Crippen LogP contribution in [0.15, 0.2) is 47.3 Å². The van der Waals surface area contributed by atoms with Crippen molar-refractivity contribution >= 4 is 17.7 Å². The zero-order chi connectivity index (χ0) is 15.2. The molecule has 2 rings (SSSR count). The Morgan fingerprint density at radius 1 is 1.57 bits per heavy atom. The first-order valence-electron chi connectivity index (χ1n) is 5.87. The molecular formula is C12H12N4O5. The summed E-state index contributed by atoms with van der Waals surface area (Å²) < 4.78 is 4.91. The van der Waals surface area contributed by atoms with Crippen LogP contribution in [0.5, 0.6) is 0 Å². The average Bonchev–Trinajstić information content (AvgIpc) is 2.49. The lowest BCUT2D eigenvalue weighted by Crippen LogP contribution is -2.11. The van der Waals surface area contributed by atoms with Gasteiger partial charge in [0.1, 0.15) is 36.4 Å². The molecule has 0 fully saturated rings. The number of hydrazone groups is 1. The normalized spacial score (nSPS) is 17.9. The number of allylic oxidation sites excluding steroid dienone is 1. The molecule has 1 aliphatic rings. The van der Waals surface area contributed by atoms with Crippen LogP contribution in [0, 0.1) is 16.0 Å². The molecule has 1 aliphatic heterocycles. The van der Waals surface area contributed by atoms with Gasteiger partial charge in [-0.15, -0.1) is 0 Å². The lowest BCUT2D eigenvalue weighted by molar-refractivity contribution is -0.385. The Hall–Kier alpha value is -2.94. The van der Waals surface area contributed by atoms with E-state index in [1.54, 1.807) is 0 Å². The van der Waals surface area contributed by atoms with E-state index in [1.807, 2.05) is 0 Å². The maximum Gasteiger partial charge on any atom is 0.287 e. The van der Waals surface area contributed by atoms with E-state index in [9.17, 15) is 15.2 Å². The monoisotopic (exact) mass is 292 g/mol. The Bertz CT molecular complexity index is 609. The van der Waals surface area contributed by atoms with Gasteiger partial charge in [-0.1, -0.05) is 0 Å². The van der Waals surface area contributed by atoms with Gasteiger partial charge in [-0.05, 0) is 12.1 Å². The summed E-state index contributed by atoms with van der Waals surface area (Å²) in [7, 11) is 0. The van der Waals surface area contributed by atoms with Crippen LogP contribution in [0.1, 0.15) is 0 Å². The highest BCUT2D eigenvalue weighted by atomic mass is 16.6. The molecule has 1 aromatic rings. The Morgan fingerprint density at radius 3 is 3.00 bits per heavy atom. The maximum atomic E-state index is 10.5. The Kier molecular flexibility index (Phi) is 4.46. The van der Waals surface area contributed by atoms with Crippen LogP contribution in [0.3, 0.4) is 0 Å². The van der Waals surface area contributed by atoms with Gasteiger partial charge in [0.2, 0.25) is 0 Å². The zero-order valence-corrected chi connectivity index (χ0v) is 10.7. The summed E-state index contributed by atoms with van der Waals surface area (Å²) in [6.45, 7) is -0.286. The van der Waals surface area contributed by atoms with Crippen molar-refractivity contribution in [2.75, 3.05) is 12.0 Å². The van der Waals surface area contributed by atoms with E-state index in [0.717, 1.165) is 12.5 Å². The van der Waals surface area contributed by atoms with E-state index in [0.29, 0.717) is 11.6 Å². The number of aliphatic hydroxyl groups is 2. The number of hydrogen-bond donors (Lipinski definition) is 3. The number of anilines is 1. The second-order valence-electron chi connectivity index (χ2n) is 4.03. The predicted molar refractivity (Wildman–Crippen MR) is 73.5 cm³/mol. The van der Waals surface area contributed by atoms with E-state index in [4.69, 9.17) is 9.84 Å². The van der Waals surface area contributed by atoms with Gasteiger partial charge in [-0.2, -0.15) is 5.10 Å². The van der Waals surface area contributed by atoms with Gasteiger partial charge in [0.15, 0.2) is 0 Å². The number of hydrogen-bond acceptors (Lipinski definition) is 8. The van der Waals surface area contributed by atoms with Crippen LogP contribution in [0.4, 0.5) is 11.5 Å². The molecule has 0 saturated heterocycles. The van der Waals surface area contributed by atoms with Crippen molar-refractivity contribution in [3.63, 3.8) is 0 Å². The molecule has 0 aromatic carbocycles. The Labute approximate surface area is 119 Å². The average molecular weight is 292 g/mol. The van der Waals surface area contributed by atoms with Gasteiger partial charge in [0.25, 0.3) is 5.69 Å². The Balaban J connectivity index is 1.98. The smallest absolute Gasteiger partial charge is 0.287 e. The largest absolute Gasteiger partial charge is 0.508 e. The highest BCUT2D eigenvalue weighted by Gasteiger charge is 2.15. The number of pyridine rings is 1. The molecule has 1 aromatic heterocycles. The van der Waals surface area contributed by atoms with Crippen LogP contribution in [0.25, 0.3) is 0 Å². The van der Waals surface area contributed by atoms with E-state index < -0.39 is 10.8 Å². The fraction of sp³-hybridized carbons (Fsp3) is 0.167. The summed E-state index contributed by atoms with van der Waals surface area (Å²) in [6.07, 6.45) is 5.11. The van der Waals surface area contributed by atoms with E-state index in [1.165, 1.54) is 24.4 Å². The van der Waals surface area contributed by atoms with Gasteiger partial charge in [-0.25, -0.2) is 4.98 Å². The molecule has 0 aliphatic carbocycles. The number of rotatable bonds is 5. The van der Waals surface area contributed by atoms with Gasteiger partial charge in [0, 0.05) is 12.3 Å². The quantitative estimate of drug-likeness (QED) is 0.423. The third-order valence-corrected chi connectivity index (χ3v) is 2.57. The van der Waals surface area contributed by atoms with Gasteiger partial charge >= 0.3 is 0 Å². The fourth-order valence-electron chi connectivity index (χ4n) is 1.49. The van der Waals surface area contributed by atoms with Gasteiger partial charge in [-0.3, -0.25) is 15.5 Å². The highest BCUT2D eigenvalue weighted by Crippen LogP contribution is 2.18. The fourth-order valence-corrected chi connectivity index (χ4v) is 1.49. The second kappa shape index (κ2) is 6.48. The zero-order valence-electron chi connectivity index (χ0n) is 10.7. The van der Waals surface area contributed by atoms with Crippen LogP contribution in [0.2, 0.25) is 0 Å².